The molecule has 0 atom stereocenters. The molecule has 1 saturated carbocycles. The normalized spacial score (nSPS) is 22.4. The van der Waals surface area contributed by atoms with Crippen LogP contribution >= 0.6 is 0 Å². The molecule has 2 aliphatic rings. The molecule has 0 heterocycles. The molecule has 0 unspecified atom stereocenters. The van der Waals surface area contributed by atoms with Crippen molar-refractivity contribution in [2.45, 2.75) is 39.0 Å². The first-order valence-electron chi connectivity index (χ1n) is 6.78. The molecule has 0 saturated heterocycles. The van der Waals surface area contributed by atoms with E-state index in [1.165, 1.54) is 37.7 Å². The van der Waals surface area contributed by atoms with E-state index in [-0.39, 0.29) is 0 Å². The van der Waals surface area contributed by atoms with Crippen molar-refractivity contribution in [3.8, 4) is 0 Å². The Morgan fingerprint density at radius 2 is 1.59 bits per heavy atom. The second-order valence-corrected chi connectivity index (χ2v) is 5.44. The lowest BCUT2D eigenvalue weighted by atomic mass is 9.65. The highest BCUT2D eigenvalue weighted by atomic mass is 14.4. The van der Waals surface area contributed by atoms with Gasteiger partial charge in [0.1, 0.15) is 0 Å². The van der Waals surface area contributed by atoms with Crippen molar-refractivity contribution in [1.82, 2.24) is 0 Å². The van der Waals surface area contributed by atoms with Crippen LogP contribution in [0, 0.1) is 5.41 Å². The minimum atomic E-state index is 0.375. The van der Waals surface area contributed by atoms with Crippen LogP contribution in [0.4, 0.5) is 0 Å². The second-order valence-electron chi connectivity index (χ2n) is 5.44. The molecule has 0 bridgehead atoms. The number of hydrogen-bond acceptors (Lipinski definition) is 0. The van der Waals surface area contributed by atoms with Gasteiger partial charge in [-0.3, -0.25) is 0 Å². The minimum absolute atomic E-state index is 0.375. The van der Waals surface area contributed by atoms with E-state index < -0.39 is 0 Å². The minimum Gasteiger partial charge on any atom is -0.0627 e. The van der Waals surface area contributed by atoms with Crippen molar-refractivity contribution in [2.24, 2.45) is 5.41 Å². The van der Waals surface area contributed by atoms with Gasteiger partial charge in [0.05, 0.1) is 0 Å². The molecule has 0 nitrogen and oxygen atoms in total. The van der Waals surface area contributed by atoms with E-state index in [1.807, 2.05) is 0 Å². The fourth-order valence-corrected chi connectivity index (χ4v) is 3.55. The van der Waals surface area contributed by atoms with Crippen molar-refractivity contribution >= 4 is 5.57 Å². The topological polar surface area (TPSA) is 0 Å². The maximum atomic E-state index is 2.36. The Bertz CT molecular complexity index is 456. The molecule has 1 aromatic carbocycles. The predicted molar refractivity (Wildman–Crippen MR) is 73.7 cm³/mol. The van der Waals surface area contributed by atoms with E-state index in [0.717, 1.165) is 0 Å². The third-order valence-corrected chi connectivity index (χ3v) is 4.56. The van der Waals surface area contributed by atoms with Crippen molar-refractivity contribution < 1.29 is 0 Å². The molecule has 0 aromatic heterocycles. The van der Waals surface area contributed by atoms with Crippen LogP contribution in [-0.2, 0) is 0 Å². The van der Waals surface area contributed by atoms with Gasteiger partial charge in [-0.1, -0.05) is 67.3 Å². The molecule has 2 aliphatic carbocycles. The summed E-state index contributed by atoms with van der Waals surface area (Å²) in [4.78, 5) is 0. The summed E-state index contributed by atoms with van der Waals surface area (Å²) in [6.07, 6.45) is 11.6. The standard InChI is InChI=1S/C17H20/c1-14-10-11-16(15-8-4-2-5-9-15)17(14)12-6-3-7-13-17/h2,4-5,8-11H,3,6-7,12-13H2,1H3. The largest absolute Gasteiger partial charge is 0.0627 e. The maximum absolute atomic E-state index is 2.36. The molecule has 0 heteroatoms. The van der Waals surface area contributed by atoms with Gasteiger partial charge >= 0.3 is 0 Å². The molecule has 1 fully saturated rings. The monoisotopic (exact) mass is 224 g/mol. The van der Waals surface area contributed by atoms with Crippen molar-refractivity contribution in [2.75, 3.05) is 0 Å². The summed E-state index contributed by atoms with van der Waals surface area (Å²) in [5.74, 6) is 0. The van der Waals surface area contributed by atoms with Crippen LogP contribution < -0.4 is 0 Å². The van der Waals surface area contributed by atoms with E-state index in [1.54, 1.807) is 11.1 Å². The van der Waals surface area contributed by atoms with Gasteiger partial charge in [0, 0.05) is 5.41 Å². The first-order chi connectivity index (χ1) is 8.33. The van der Waals surface area contributed by atoms with E-state index >= 15 is 0 Å². The molecular weight excluding hydrogens is 204 g/mol. The van der Waals surface area contributed by atoms with E-state index in [2.05, 4.69) is 49.4 Å². The zero-order chi connectivity index (χ0) is 11.7. The van der Waals surface area contributed by atoms with Gasteiger partial charge in [-0.15, -0.1) is 0 Å². The van der Waals surface area contributed by atoms with E-state index in [0.29, 0.717) is 5.41 Å². The number of rotatable bonds is 1. The molecule has 88 valence electrons. The first-order valence-corrected chi connectivity index (χ1v) is 6.78. The fourth-order valence-electron chi connectivity index (χ4n) is 3.55. The van der Waals surface area contributed by atoms with Gasteiger partial charge in [0.15, 0.2) is 0 Å². The Kier molecular flexibility index (Phi) is 2.66. The Morgan fingerprint density at radius 3 is 2.29 bits per heavy atom. The molecule has 0 N–H and O–H groups in total. The summed E-state index contributed by atoms with van der Waals surface area (Å²) in [7, 11) is 0. The highest BCUT2D eigenvalue weighted by Gasteiger charge is 2.39. The van der Waals surface area contributed by atoms with Crippen molar-refractivity contribution in [3.05, 3.63) is 53.6 Å². The Labute approximate surface area is 104 Å². The SMILES string of the molecule is CC1=CC=C(c2ccccc2)C12CCCCC2. The number of hydrogen-bond donors (Lipinski definition) is 0. The summed E-state index contributed by atoms with van der Waals surface area (Å²) < 4.78 is 0. The van der Waals surface area contributed by atoms with Gasteiger partial charge in [0.2, 0.25) is 0 Å². The molecule has 17 heavy (non-hydrogen) atoms. The maximum Gasteiger partial charge on any atom is 0.0168 e. The zero-order valence-corrected chi connectivity index (χ0v) is 10.6. The van der Waals surface area contributed by atoms with Crippen LogP contribution in [0.25, 0.3) is 5.57 Å². The molecule has 0 radical (unpaired) electrons. The summed E-state index contributed by atoms with van der Waals surface area (Å²) >= 11 is 0. The van der Waals surface area contributed by atoms with Crippen LogP contribution in [0.15, 0.2) is 48.1 Å². The lowest BCUT2D eigenvalue weighted by Crippen LogP contribution is -2.25. The molecule has 1 spiro atoms. The predicted octanol–water partition coefficient (Wildman–Crippen LogP) is 4.98. The molecule has 0 amide bonds. The lowest BCUT2D eigenvalue weighted by Gasteiger charge is -2.38. The zero-order valence-electron chi connectivity index (χ0n) is 10.6. The lowest BCUT2D eigenvalue weighted by molar-refractivity contribution is 0.324. The Morgan fingerprint density at radius 1 is 0.882 bits per heavy atom. The second kappa shape index (κ2) is 4.18. The molecule has 1 aromatic rings. The van der Waals surface area contributed by atoms with E-state index in [4.69, 9.17) is 0 Å². The number of benzene rings is 1. The fraction of sp³-hybridized carbons (Fsp3) is 0.412. The summed E-state index contributed by atoms with van der Waals surface area (Å²) in [6, 6.07) is 10.9. The highest BCUT2D eigenvalue weighted by Crippen LogP contribution is 2.54. The van der Waals surface area contributed by atoms with Crippen molar-refractivity contribution in [1.29, 1.82) is 0 Å². The Balaban J connectivity index is 2.01. The van der Waals surface area contributed by atoms with Gasteiger partial charge in [-0.2, -0.15) is 0 Å². The number of allylic oxidation sites excluding steroid dienone is 4. The quantitative estimate of drug-likeness (QED) is 0.631. The van der Waals surface area contributed by atoms with Gasteiger partial charge in [-0.05, 0) is 30.9 Å². The summed E-state index contributed by atoms with van der Waals surface area (Å²) in [6.45, 7) is 2.32. The van der Waals surface area contributed by atoms with Gasteiger partial charge in [0.25, 0.3) is 0 Å². The first kappa shape index (κ1) is 10.8. The third kappa shape index (κ3) is 1.67. The van der Waals surface area contributed by atoms with Crippen LogP contribution in [0.1, 0.15) is 44.6 Å². The highest BCUT2D eigenvalue weighted by molar-refractivity contribution is 5.78. The average Bonchev–Trinajstić information content (AvgIpc) is 2.69. The van der Waals surface area contributed by atoms with Crippen molar-refractivity contribution in [3.63, 3.8) is 0 Å². The smallest absolute Gasteiger partial charge is 0.0168 e. The van der Waals surface area contributed by atoms with Crippen LogP contribution in [0.3, 0.4) is 0 Å². The van der Waals surface area contributed by atoms with Crippen LogP contribution in [-0.4, -0.2) is 0 Å². The molecule has 0 aliphatic heterocycles. The van der Waals surface area contributed by atoms with Gasteiger partial charge < -0.3 is 0 Å². The van der Waals surface area contributed by atoms with Gasteiger partial charge in [-0.25, -0.2) is 0 Å². The molecular formula is C17H20. The van der Waals surface area contributed by atoms with E-state index in [9.17, 15) is 0 Å². The van der Waals surface area contributed by atoms with Crippen LogP contribution in [0.2, 0.25) is 0 Å². The average molecular weight is 224 g/mol. The summed E-state index contributed by atoms with van der Waals surface area (Å²) in [5.41, 5.74) is 4.94. The third-order valence-electron chi connectivity index (χ3n) is 4.56. The summed E-state index contributed by atoms with van der Waals surface area (Å²) in [5, 5.41) is 0. The Hall–Kier alpha value is -1.30. The van der Waals surface area contributed by atoms with Crippen LogP contribution in [0.5, 0.6) is 0 Å². The molecule has 3 rings (SSSR count).